The number of rotatable bonds is 6. The molecule has 2 N–H and O–H groups in total. The smallest absolute Gasteiger partial charge is 0.293 e. The number of nitrogens with one attached hydrogen (secondary N) is 2. The third-order valence-electron chi connectivity index (χ3n) is 6.30. The van der Waals surface area contributed by atoms with Crippen molar-refractivity contribution >= 4 is 51.3 Å². The van der Waals surface area contributed by atoms with Crippen LogP contribution in [-0.2, 0) is 0 Å². The number of nitrogens with zero attached hydrogens (tertiary/aromatic N) is 5. The first-order valence-corrected chi connectivity index (χ1v) is 12.5. The molecule has 1 amide bonds. The van der Waals surface area contributed by atoms with E-state index in [9.17, 15) is 14.9 Å². The van der Waals surface area contributed by atoms with Gasteiger partial charge in [0.2, 0.25) is 0 Å². The molecule has 0 radical (unpaired) electrons. The third-order valence-corrected chi connectivity index (χ3v) is 6.50. The maximum absolute atomic E-state index is 12.8. The van der Waals surface area contributed by atoms with Crippen LogP contribution in [0.4, 0.5) is 17.1 Å². The summed E-state index contributed by atoms with van der Waals surface area (Å²) in [7, 11) is 1.60. The second-order valence-corrected chi connectivity index (χ2v) is 9.22. The molecule has 1 saturated heterocycles. The molecule has 194 valence electrons. The van der Waals surface area contributed by atoms with E-state index in [2.05, 4.69) is 20.8 Å². The summed E-state index contributed by atoms with van der Waals surface area (Å²) in [4.78, 5) is 27.6. The summed E-state index contributed by atoms with van der Waals surface area (Å²) in [6.45, 7) is 1.52. The minimum Gasteiger partial charge on any atom is -0.497 e. The molecule has 5 rings (SSSR count). The molecule has 0 aliphatic carbocycles. The van der Waals surface area contributed by atoms with Crippen LogP contribution in [0.2, 0.25) is 0 Å². The van der Waals surface area contributed by atoms with Crippen molar-refractivity contribution < 1.29 is 14.5 Å². The Labute approximate surface area is 223 Å². The standard InChI is InChI=1S/C26H25N7O4S/c1-37-20-9-7-19(8-10-20)32-29-21-11-6-18(16-22(21)30-32)27-26(38)28-25(34)17-5-12-23(24(15-17)33(35)36)31-13-3-2-4-14-31/h5-12,15-16H,2-4,13-14H2,1H3,(H2,27,28,34,38). The first-order valence-electron chi connectivity index (χ1n) is 12.1. The topological polar surface area (TPSA) is 127 Å². The largest absolute Gasteiger partial charge is 0.497 e. The number of nitro groups is 1. The zero-order valence-corrected chi connectivity index (χ0v) is 21.4. The van der Waals surface area contributed by atoms with Gasteiger partial charge in [0.15, 0.2) is 5.11 Å². The summed E-state index contributed by atoms with van der Waals surface area (Å²) in [6.07, 6.45) is 3.09. The van der Waals surface area contributed by atoms with Crippen LogP contribution in [0.25, 0.3) is 16.7 Å². The quantitative estimate of drug-likeness (QED) is 0.211. The fourth-order valence-corrected chi connectivity index (χ4v) is 4.58. The minimum absolute atomic E-state index is 0.0552. The molecule has 38 heavy (non-hydrogen) atoms. The molecule has 1 fully saturated rings. The molecule has 1 aliphatic heterocycles. The number of carbonyl (C=O) groups excluding carboxylic acids is 1. The molecule has 3 aromatic carbocycles. The number of amides is 1. The minimum atomic E-state index is -0.540. The Morgan fingerprint density at radius 1 is 1.00 bits per heavy atom. The molecule has 4 aromatic rings. The van der Waals surface area contributed by atoms with Crippen LogP contribution < -0.4 is 20.3 Å². The lowest BCUT2D eigenvalue weighted by atomic mass is 10.1. The van der Waals surface area contributed by atoms with Gasteiger partial charge >= 0.3 is 0 Å². The highest BCUT2D eigenvalue weighted by Crippen LogP contribution is 2.31. The lowest BCUT2D eigenvalue weighted by Gasteiger charge is -2.28. The van der Waals surface area contributed by atoms with Crippen LogP contribution in [-0.4, -0.2) is 51.1 Å². The number of carbonyl (C=O) groups is 1. The van der Waals surface area contributed by atoms with E-state index in [1.165, 1.54) is 10.9 Å². The number of fused-ring (bicyclic) bond motifs is 1. The van der Waals surface area contributed by atoms with E-state index in [0.717, 1.165) is 43.8 Å². The first-order chi connectivity index (χ1) is 18.4. The Bertz CT molecular complexity index is 1510. The molecular weight excluding hydrogens is 506 g/mol. The fraction of sp³-hybridized carbons (Fsp3) is 0.231. The Morgan fingerprint density at radius 3 is 2.45 bits per heavy atom. The van der Waals surface area contributed by atoms with Crippen molar-refractivity contribution in [2.75, 3.05) is 30.4 Å². The number of hydrogen-bond donors (Lipinski definition) is 2. The van der Waals surface area contributed by atoms with Gasteiger partial charge in [0.1, 0.15) is 22.5 Å². The molecule has 0 bridgehead atoms. The molecule has 1 aromatic heterocycles. The number of ether oxygens (including phenoxy) is 1. The van der Waals surface area contributed by atoms with Crippen molar-refractivity contribution in [1.82, 2.24) is 20.3 Å². The van der Waals surface area contributed by atoms with Gasteiger partial charge in [0, 0.05) is 30.4 Å². The molecule has 12 heteroatoms. The van der Waals surface area contributed by atoms with Crippen molar-refractivity contribution in [3.63, 3.8) is 0 Å². The molecule has 2 heterocycles. The molecule has 0 spiro atoms. The zero-order chi connectivity index (χ0) is 26.6. The number of methoxy groups -OCH3 is 1. The van der Waals surface area contributed by atoms with Crippen molar-refractivity contribution in [3.05, 3.63) is 76.3 Å². The number of aromatic nitrogens is 3. The lowest BCUT2D eigenvalue weighted by Crippen LogP contribution is -2.34. The van der Waals surface area contributed by atoms with E-state index >= 15 is 0 Å². The van der Waals surface area contributed by atoms with Gasteiger partial charge in [-0.3, -0.25) is 20.2 Å². The number of thiocarbonyl (C=S) groups is 1. The molecule has 1 aliphatic rings. The zero-order valence-electron chi connectivity index (χ0n) is 20.6. The van der Waals surface area contributed by atoms with Gasteiger partial charge in [-0.15, -0.1) is 10.2 Å². The Morgan fingerprint density at radius 2 is 1.74 bits per heavy atom. The second-order valence-electron chi connectivity index (χ2n) is 8.81. The maximum Gasteiger partial charge on any atom is 0.293 e. The van der Waals surface area contributed by atoms with Gasteiger partial charge in [-0.25, -0.2) is 0 Å². The third kappa shape index (κ3) is 5.39. The summed E-state index contributed by atoms with van der Waals surface area (Å²) in [5, 5.41) is 26.3. The molecular formula is C26H25N7O4S. The lowest BCUT2D eigenvalue weighted by molar-refractivity contribution is -0.384. The summed E-state index contributed by atoms with van der Waals surface area (Å²) in [5.74, 6) is 0.197. The first kappa shape index (κ1) is 25.1. The highest BCUT2D eigenvalue weighted by molar-refractivity contribution is 7.80. The molecule has 11 nitrogen and oxygen atoms in total. The van der Waals surface area contributed by atoms with Gasteiger partial charge in [-0.2, -0.15) is 4.80 Å². The predicted octanol–water partition coefficient (Wildman–Crippen LogP) is 4.45. The number of benzene rings is 3. The van der Waals surface area contributed by atoms with Crippen molar-refractivity contribution in [3.8, 4) is 11.4 Å². The average Bonchev–Trinajstić information content (AvgIpc) is 3.36. The van der Waals surface area contributed by atoms with E-state index in [1.54, 1.807) is 37.4 Å². The summed E-state index contributed by atoms with van der Waals surface area (Å²) in [6, 6.07) is 17.2. The van der Waals surface area contributed by atoms with E-state index in [-0.39, 0.29) is 16.4 Å². The van der Waals surface area contributed by atoms with Crippen LogP contribution in [0.15, 0.2) is 60.7 Å². The van der Waals surface area contributed by atoms with Gasteiger partial charge in [0.05, 0.1) is 17.7 Å². The number of anilines is 2. The van der Waals surface area contributed by atoms with Crippen LogP contribution in [0.1, 0.15) is 29.6 Å². The van der Waals surface area contributed by atoms with Gasteiger partial charge in [0.25, 0.3) is 11.6 Å². The fourth-order valence-electron chi connectivity index (χ4n) is 4.37. The molecule has 0 saturated carbocycles. The monoisotopic (exact) mass is 531 g/mol. The summed E-state index contributed by atoms with van der Waals surface area (Å²) >= 11 is 5.31. The number of nitro benzene ring substituents is 1. The van der Waals surface area contributed by atoms with E-state index < -0.39 is 10.8 Å². The van der Waals surface area contributed by atoms with E-state index in [1.807, 2.05) is 29.2 Å². The van der Waals surface area contributed by atoms with Crippen molar-refractivity contribution in [2.45, 2.75) is 19.3 Å². The molecule has 0 atom stereocenters. The normalized spacial score (nSPS) is 13.2. The Kier molecular flexibility index (Phi) is 7.13. The van der Waals surface area contributed by atoms with Crippen LogP contribution in [0.3, 0.4) is 0 Å². The Balaban J connectivity index is 1.27. The Hall–Kier alpha value is -4.58. The van der Waals surface area contributed by atoms with Crippen LogP contribution >= 0.6 is 12.2 Å². The number of hydrogen-bond acceptors (Lipinski definition) is 8. The highest BCUT2D eigenvalue weighted by Gasteiger charge is 2.23. The number of piperidine rings is 1. The van der Waals surface area contributed by atoms with Crippen molar-refractivity contribution in [1.29, 1.82) is 0 Å². The van der Waals surface area contributed by atoms with Crippen LogP contribution in [0.5, 0.6) is 5.75 Å². The van der Waals surface area contributed by atoms with Gasteiger partial charge in [-0.1, -0.05) is 0 Å². The van der Waals surface area contributed by atoms with Gasteiger partial charge in [-0.05, 0) is 86.1 Å². The highest BCUT2D eigenvalue weighted by atomic mass is 32.1. The SMILES string of the molecule is COc1ccc(-n2nc3ccc(NC(=S)NC(=O)c4ccc(N5CCCCC5)c([N+](=O)[O-])c4)cc3n2)cc1. The predicted molar refractivity (Wildman–Crippen MR) is 148 cm³/mol. The summed E-state index contributed by atoms with van der Waals surface area (Å²) < 4.78 is 5.19. The van der Waals surface area contributed by atoms with Gasteiger partial charge < -0.3 is 15.0 Å². The summed E-state index contributed by atoms with van der Waals surface area (Å²) in [5.41, 5.74) is 3.29. The maximum atomic E-state index is 12.8. The van der Waals surface area contributed by atoms with Crippen molar-refractivity contribution in [2.24, 2.45) is 0 Å². The molecule has 0 unspecified atom stereocenters. The average molecular weight is 532 g/mol. The van der Waals surface area contributed by atoms with E-state index in [0.29, 0.717) is 22.4 Å². The van der Waals surface area contributed by atoms with Crippen LogP contribution in [0, 0.1) is 10.1 Å². The van der Waals surface area contributed by atoms with E-state index in [4.69, 9.17) is 17.0 Å². The second kappa shape index (κ2) is 10.8.